The summed E-state index contributed by atoms with van der Waals surface area (Å²) in [4.78, 5) is 0. The van der Waals surface area contributed by atoms with E-state index in [1.54, 1.807) is 36.4 Å². The average Bonchev–Trinajstić information content (AvgIpc) is 2.37. The minimum atomic E-state index is -0.278. The molecule has 98 valence electrons. The van der Waals surface area contributed by atoms with Gasteiger partial charge >= 0.3 is 0 Å². The van der Waals surface area contributed by atoms with E-state index in [-0.39, 0.29) is 17.5 Å². The maximum atomic E-state index is 13.4. The van der Waals surface area contributed by atoms with Crippen molar-refractivity contribution in [1.82, 2.24) is 0 Å². The van der Waals surface area contributed by atoms with Crippen LogP contribution in [0.4, 0.5) is 10.1 Å². The molecule has 0 heterocycles. The summed E-state index contributed by atoms with van der Waals surface area (Å²) in [6, 6.07) is 13.7. The van der Waals surface area contributed by atoms with E-state index in [0.717, 1.165) is 5.69 Å². The van der Waals surface area contributed by atoms with Crippen LogP contribution in [0.1, 0.15) is 5.56 Å². The Balaban J connectivity index is 2.03. The van der Waals surface area contributed by atoms with E-state index in [1.807, 2.05) is 6.07 Å². The van der Waals surface area contributed by atoms with Crippen LogP contribution in [0.15, 0.2) is 48.5 Å². The first-order valence-electron chi connectivity index (χ1n) is 5.68. The third-order valence-corrected chi connectivity index (χ3v) is 2.56. The van der Waals surface area contributed by atoms with Crippen LogP contribution in [-0.2, 0) is 6.61 Å². The second-order valence-corrected chi connectivity index (χ2v) is 4.34. The van der Waals surface area contributed by atoms with Crippen molar-refractivity contribution in [3.8, 4) is 5.75 Å². The Bertz CT molecular complexity index is 589. The Kier molecular flexibility index (Phi) is 4.30. The number of halogens is 1. The van der Waals surface area contributed by atoms with Gasteiger partial charge in [-0.05, 0) is 30.4 Å². The molecule has 0 radical (unpaired) electrons. The Morgan fingerprint density at radius 3 is 2.74 bits per heavy atom. The van der Waals surface area contributed by atoms with Gasteiger partial charge in [0, 0.05) is 17.3 Å². The molecular weight excluding hydrogens is 263 g/mol. The molecule has 19 heavy (non-hydrogen) atoms. The SMILES string of the molecule is NC(=S)Nc1cccc(OCc2ccccc2F)c1. The summed E-state index contributed by atoms with van der Waals surface area (Å²) < 4.78 is 18.9. The van der Waals surface area contributed by atoms with Gasteiger partial charge in [-0.3, -0.25) is 0 Å². The predicted molar refractivity (Wildman–Crippen MR) is 77.6 cm³/mol. The minimum Gasteiger partial charge on any atom is -0.489 e. The van der Waals surface area contributed by atoms with Crippen molar-refractivity contribution in [1.29, 1.82) is 0 Å². The third-order valence-electron chi connectivity index (χ3n) is 2.45. The summed E-state index contributed by atoms with van der Waals surface area (Å²) in [6.07, 6.45) is 0. The van der Waals surface area contributed by atoms with Gasteiger partial charge in [-0.25, -0.2) is 4.39 Å². The lowest BCUT2D eigenvalue weighted by Crippen LogP contribution is -2.18. The van der Waals surface area contributed by atoms with Crippen molar-refractivity contribution in [2.45, 2.75) is 6.61 Å². The normalized spacial score (nSPS) is 9.95. The van der Waals surface area contributed by atoms with Crippen LogP contribution in [0.5, 0.6) is 5.75 Å². The molecule has 0 fully saturated rings. The third kappa shape index (κ3) is 3.93. The lowest BCUT2D eigenvalue weighted by Gasteiger charge is -2.09. The molecule has 0 aliphatic rings. The Morgan fingerprint density at radius 2 is 2.00 bits per heavy atom. The summed E-state index contributed by atoms with van der Waals surface area (Å²) in [5, 5.41) is 3.00. The molecule has 0 aliphatic carbocycles. The Morgan fingerprint density at radius 1 is 1.21 bits per heavy atom. The number of benzene rings is 2. The molecular formula is C14H13FN2OS. The summed E-state index contributed by atoms with van der Waals surface area (Å²) in [5.41, 5.74) is 6.63. The van der Waals surface area contributed by atoms with Gasteiger partial charge in [-0.2, -0.15) is 0 Å². The molecule has 2 aromatic carbocycles. The highest BCUT2D eigenvalue weighted by Crippen LogP contribution is 2.19. The molecule has 5 heteroatoms. The van der Waals surface area contributed by atoms with Crippen molar-refractivity contribution in [3.63, 3.8) is 0 Å². The largest absolute Gasteiger partial charge is 0.489 e. The van der Waals surface area contributed by atoms with Crippen LogP contribution in [0.25, 0.3) is 0 Å². The smallest absolute Gasteiger partial charge is 0.168 e. The lowest BCUT2D eigenvalue weighted by atomic mass is 10.2. The molecule has 0 aliphatic heterocycles. The van der Waals surface area contributed by atoms with Gasteiger partial charge in [0.25, 0.3) is 0 Å². The molecule has 0 aromatic heterocycles. The van der Waals surface area contributed by atoms with E-state index in [4.69, 9.17) is 22.7 Å². The summed E-state index contributed by atoms with van der Waals surface area (Å²) in [5.74, 6) is 0.337. The van der Waals surface area contributed by atoms with Crippen molar-refractivity contribution >= 4 is 23.0 Å². The van der Waals surface area contributed by atoms with E-state index < -0.39 is 0 Å². The molecule has 0 unspecified atom stereocenters. The van der Waals surface area contributed by atoms with E-state index >= 15 is 0 Å². The maximum absolute atomic E-state index is 13.4. The lowest BCUT2D eigenvalue weighted by molar-refractivity contribution is 0.300. The van der Waals surface area contributed by atoms with Gasteiger partial charge in [0.1, 0.15) is 18.2 Å². The monoisotopic (exact) mass is 276 g/mol. The zero-order chi connectivity index (χ0) is 13.7. The van der Waals surface area contributed by atoms with E-state index in [0.29, 0.717) is 11.3 Å². The average molecular weight is 276 g/mol. The number of nitrogens with two attached hydrogens (primary N) is 1. The van der Waals surface area contributed by atoms with E-state index in [9.17, 15) is 4.39 Å². The predicted octanol–water partition coefficient (Wildman–Crippen LogP) is 3.06. The van der Waals surface area contributed by atoms with Crippen LogP contribution in [0.2, 0.25) is 0 Å². The highest BCUT2D eigenvalue weighted by Gasteiger charge is 2.02. The molecule has 2 rings (SSSR count). The molecule has 3 nitrogen and oxygen atoms in total. The molecule has 0 bridgehead atoms. The van der Waals surface area contributed by atoms with Gasteiger partial charge < -0.3 is 15.8 Å². The number of hydrogen-bond donors (Lipinski definition) is 2. The standard InChI is InChI=1S/C14H13FN2OS/c15-13-7-2-1-4-10(13)9-18-12-6-3-5-11(8-12)17-14(16)19/h1-8H,9H2,(H3,16,17,19). The molecule has 2 aromatic rings. The summed E-state index contributed by atoms with van der Waals surface area (Å²) in [7, 11) is 0. The summed E-state index contributed by atoms with van der Waals surface area (Å²) in [6.45, 7) is 0.170. The number of anilines is 1. The van der Waals surface area contributed by atoms with Crippen molar-refractivity contribution in [2.24, 2.45) is 5.73 Å². The molecule has 3 N–H and O–H groups in total. The van der Waals surface area contributed by atoms with Gasteiger partial charge in [0.15, 0.2) is 5.11 Å². The van der Waals surface area contributed by atoms with Crippen LogP contribution in [-0.4, -0.2) is 5.11 Å². The zero-order valence-corrected chi connectivity index (χ0v) is 10.9. The van der Waals surface area contributed by atoms with Crippen LogP contribution in [0.3, 0.4) is 0 Å². The highest BCUT2D eigenvalue weighted by molar-refractivity contribution is 7.80. The Hall–Kier alpha value is -2.14. The molecule has 0 saturated carbocycles. The molecule has 0 amide bonds. The second-order valence-electron chi connectivity index (χ2n) is 3.90. The summed E-state index contributed by atoms with van der Waals surface area (Å²) >= 11 is 4.76. The number of hydrogen-bond acceptors (Lipinski definition) is 2. The highest BCUT2D eigenvalue weighted by atomic mass is 32.1. The van der Waals surface area contributed by atoms with Gasteiger partial charge in [-0.15, -0.1) is 0 Å². The second kappa shape index (κ2) is 6.15. The first kappa shape index (κ1) is 13.3. The fraction of sp³-hybridized carbons (Fsp3) is 0.0714. The fourth-order valence-corrected chi connectivity index (χ4v) is 1.70. The van der Waals surface area contributed by atoms with Gasteiger partial charge in [0.2, 0.25) is 0 Å². The first-order chi connectivity index (χ1) is 9.15. The van der Waals surface area contributed by atoms with Gasteiger partial charge in [0.05, 0.1) is 0 Å². The van der Waals surface area contributed by atoms with Crippen molar-refractivity contribution in [2.75, 3.05) is 5.32 Å². The number of thiocarbonyl (C=S) groups is 1. The minimum absolute atomic E-state index is 0.170. The number of ether oxygens (including phenoxy) is 1. The van der Waals surface area contributed by atoms with Crippen LogP contribution < -0.4 is 15.8 Å². The van der Waals surface area contributed by atoms with Crippen molar-refractivity contribution < 1.29 is 9.13 Å². The maximum Gasteiger partial charge on any atom is 0.168 e. The first-order valence-corrected chi connectivity index (χ1v) is 6.09. The number of nitrogens with one attached hydrogen (secondary N) is 1. The van der Waals surface area contributed by atoms with E-state index in [2.05, 4.69) is 5.32 Å². The molecule has 0 spiro atoms. The van der Waals surface area contributed by atoms with Gasteiger partial charge in [-0.1, -0.05) is 24.3 Å². The zero-order valence-electron chi connectivity index (χ0n) is 10.1. The van der Waals surface area contributed by atoms with Crippen molar-refractivity contribution in [3.05, 3.63) is 59.9 Å². The van der Waals surface area contributed by atoms with E-state index in [1.165, 1.54) is 6.07 Å². The fourth-order valence-electron chi connectivity index (χ4n) is 1.58. The quantitative estimate of drug-likeness (QED) is 0.843. The molecule has 0 atom stereocenters. The molecule has 0 saturated heterocycles. The van der Waals surface area contributed by atoms with Crippen LogP contribution in [0, 0.1) is 5.82 Å². The topological polar surface area (TPSA) is 47.3 Å². The Labute approximate surface area is 116 Å². The number of rotatable bonds is 4. The van der Waals surface area contributed by atoms with Crippen LogP contribution >= 0.6 is 12.2 Å².